The van der Waals surface area contributed by atoms with E-state index >= 15 is 0 Å². The Kier molecular flexibility index (Phi) is 3.72. The van der Waals surface area contributed by atoms with Crippen LogP contribution in [0.15, 0.2) is 11.1 Å². The van der Waals surface area contributed by atoms with Gasteiger partial charge in [-0.2, -0.15) is 0 Å². The molecule has 0 aromatic carbocycles. The van der Waals surface area contributed by atoms with Crippen LogP contribution in [0.3, 0.4) is 0 Å². The molecule has 1 unspecified atom stereocenters. The Morgan fingerprint density at radius 2 is 2.21 bits per heavy atom. The molecule has 0 bridgehead atoms. The lowest BCUT2D eigenvalue weighted by Gasteiger charge is -2.24. The quantitative estimate of drug-likeness (QED) is 0.708. The third-order valence-electron chi connectivity index (χ3n) is 2.99. The first kappa shape index (κ1) is 11.7. The second-order valence-corrected chi connectivity index (χ2v) is 6.46. The summed E-state index contributed by atoms with van der Waals surface area (Å²) in [6, 6.07) is 0. The van der Waals surface area contributed by atoms with Crippen molar-refractivity contribution in [2.24, 2.45) is 5.73 Å². The number of sulfone groups is 1. The molecule has 3 nitrogen and oxygen atoms in total. The van der Waals surface area contributed by atoms with E-state index in [0.29, 0.717) is 13.0 Å². The third-order valence-corrected chi connectivity index (χ3v) is 4.61. The summed E-state index contributed by atoms with van der Waals surface area (Å²) >= 11 is 0. The van der Waals surface area contributed by atoms with Crippen molar-refractivity contribution in [1.29, 1.82) is 0 Å². The molecular formula is C10H19NO2S. The molecule has 82 valence electrons. The van der Waals surface area contributed by atoms with Crippen LogP contribution in [0, 0.1) is 0 Å². The monoisotopic (exact) mass is 217 g/mol. The maximum absolute atomic E-state index is 11.4. The number of rotatable bonds is 2. The van der Waals surface area contributed by atoms with Crippen molar-refractivity contribution in [1.82, 2.24) is 0 Å². The highest BCUT2D eigenvalue weighted by atomic mass is 32.2. The molecule has 2 N–H and O–H groups in total. The maximum Gasteiger partial charge on any atom is 0.150 e. The van der Waals surface area contributed by atoms with Crippen molar-refractivity contribution in [3.8, 4) is 0 Å². The molecule has 1 aliphatic rings. The number of hydrogen-bond acceptors (Lipinski definition) is 3. The van der Waals surface area contributed by atoms with E-state index in [2.05, 4.69) is 0 Å². The molecule has 14 heavy (non-hydrogen) atoms. The van der Waals surface area contributed by atoms with Gasteiger partial charge in [0, 0.05) is 12.8 Å². The van der Waals surface area contributed by atoms with E-state index in [9.17, 15) is 8.42 Å². The molecule has 0 saturated heterocycles. The van der Waals surface area contributed by atoms with Crippen LogP contribution in [-0.2, 0) is 9.84 Å². The predicted molar refractivity (Wildman–Crippen MR) is 58.9 cm³/mol. The number of allylic oxidation sites excluding steroid dienone is 1. The predicted octanol–water partition coefficient (Wildman–Crippen LogP) is 1.25. The highest BCUT2D eigenvalue weighted by molar-refractivity contribution is 7.91. The third kappa shape index (κ3) is 2.82. The van der Waals surface area contributed by atoms with Crippen molar-refractivity contribution in [2.45, 2.75) is 37.9 Å². The highest BCUT2D eigenvalue weighted by Crippen LogP contribution is 2.29. The molecular weight excluding hydrogens is 198 g/mol. The van der Waals surface area contributed by atoms with Gasteiger partial charge in [0.2, 0.25) is 0 Å². The topological polar surface area (TPSA) is 60.2 Å². The van der Waals surface area contributed by atoms with E-state index in [1.807, 2.05) is 6.92 Å². The van der Waals surface area contributed by atoms with Gasteiger partial charge in [0.25, 0.3) is 0 Å². The first-order chi connectivity index (χ1) is 6.45. The number of hydrogen-bond donors (Lipinski definition) is 1. The Hall–Kier alpha value is -0.350. The summed E-state index contributed by atoms with van der Waals surface area (Å²) in [6.07, 6.45) is 4.83. The second kappa shape index (κ2) is 4.45. The molecule has 0 radical (unpaired) electrons. The minimum atomic E-state index is -2.88. The Morgan fingerprint density at radius 3 is 2.71 bits per heavy atom. The summed E-state index contributed by atoms with van der Waals surface area (Å²) in [4.78, 5) is 0. The fraction of sp³-hybridized carbons (Fsp3) is 0.800. The molecule has 0 aromatic rings. The molecule has 1 saturated carbocycles. The summed E-state index contributed by atoms with van der Waals surface area (Å²) in [5, 5.41) is -0.173. The summed E-state index contributed by atoms with van der Waals surface area (Å²) in [5.74, 6) is 0. The first-order valence-corrected chi connectivity index (χ1v) is 6.97. The molecule has 1 rings (SSSR count). The molecule has 0 aliphatic heterocycles. The molecule has 1 atom stereocenters. The SMILES string of the molecule is C/C(CN)=C1\CCCC(S(C)(=O)=O)C1. The lowest BCUT2D eigenvalue weighted by Crippen LogP contribution is -2.24. The van der Waals surface area contributed by atoms with Crippen molar-refractivity contribution in [3.63, 3.8) is 0 Å². The van der Waals surface area contributed by atoms with Crippen molar-refractivity contribution < 1.29 is 8.42 Å². The van der Waals surface area contributed by atoms with E-state index in [1.54, 1.807) is 0 Å². The van der Waals surface area contributed by atoms with Crippen LogP contribution in [0.2, 0.25) is 0 Å². The van der Waals surface area contributed by atoms with Crippen LogP contribution >= 0.6 is 0 Å². The summed E-state index contributed by atoms with van der Waals surface area (Å²) in [6.45, 7) is 2.55. The molecule has 0 spiro atoms. The highest BCUT2D eigenvalue weighted by Gasteiger charge is 2.25. The maximum atomic E-state index is 11.4. The fourth-order valence-electron chi connectivity index (χ4n) is 1.92. The van der Waals surface area contributed by atoms with E-state index in [0.717, 1.165) is 19.3 Å². The Labute approximate surface area is 86.3 Å². The smallest absolute Gasteiger partial charge is 0.150 e. The Bertz CT molecular complexity index is 330. The van der Waals surface area contributed by atoms with Crippen molar-refractivity contribution in [2.75, 3.05) is 12.8 Å². The van der Waals surface area contributed by atoms with E-state index < -0.39 is 9.84 Å². The van der Waals surface area contributed by atoms with Crippen LogP contribution in [0.1, 0.15) is 32.6 Å². The number of nitrogens with two attached hydrogens (primary N) is 1. The molecule has 1 aliphatic carbocycles. The zero-order valence-corrected chi connectivity index (χ0v) is 9.73. The Balaban J connectivity index is 2.80. The Morgan fingerprint density at radius 1 is 1.57 bits per heavy atom. The van der Waals surface area contributed by atoms with Gasteiger partial charge in [0.05, 0.1) is 5.25 Å². The van der Waals surface area contributed by atoms with Crippen LogP contribution in [0.25, 0.3) is 0 Å². The molecule has 4 heteroatoms. The van der Waals surface area contributed by atoms with Gasteiger partial charge in [-0.15, -0.1) is 0 Å². The molecule has 0 aromatic heterocycles. The van der Waals surface area contributed by atoms with Gasteiger partial charge in [-0.05, 0) is 32.6 Å². The van der Waals surface area contributed by atoms with Crippen molar-refractivity contribution >= 4 is 9.84 Å². The fourth-order valence-corrected chi connectivity index (χ4v) is 3.02. The van der Waals surface area contributed by atoms with Gasteiger partial charge in [0.1, 0.15) is 0 Å². The zero-order valence-electron chi connectivity index (χ0n) is 8.91. The minimum Gasteiger partial charge on any atom is -0.327 e. The zero-order chi connectivity index (χ0) is 10.8. The van der Waals surface area contributed by atoms with Crippen LogP contribution in [0.4, 0.5) is 0 Å². The average Bonchev–Trinajstić information content (AvgIpc) is 2.15. The standard InChI is InChI=1S/C10H19NO2S/c1-8(7-11)9-4-3-5-10(6-9)14(2,12)13/h10H,3-7,11H2,1-2H3/b9-8-. The molecule has 0 amide bonds. The van der Waals surface area contributed by atoms with Gasteiger partial charge in [-0.25, -0.2) is 8.42 Å². The van der Waals surface area contributed by atoms with Gasteiger partial charge < -0.3 is 5.73 Å². The van der Waals surface area contributed by atoms with Gasteiger partial charge >= 0.3 is 0 Å². The van der Waals surface area contributed by atoms with E-state index in [1.165, 1.54) is 17.4 Å². The second-order valence-electron chi connectivity index (χ2n) is 4.14. The lowest BCUT2D eigenvalue weighted by atomic mass is 9.91. The van der Waals surface area contributed by atoms with E-state index in [4.69, 9.17) is 5.73 Å². The van der Waals surface area contributed by atoms with Crippen LogP contribution in [0.5, 0.6) is 0 Å². The largest absolute Gasteiger partial charge is 0.327 e. The average molecular weight is 217 g/mol. The normalized spacial score (nSPS) is 27.5. The van der Waals surface area contributed by atoms with Crippen molar-refractivity contribution in [3.05, 3.63) is 11.1 Å². The van der Waals surface area contributed by atoms with Gasteiger partial charge in [0.15, 0.2) is 9.84 Å². The van der Waals surface area contributed by atoms with E-state index in [-0.39, 0.29) is 5.25 Å². The van der Waals surface area contributed by atoms with Gasteiger partial charge in [-0.1, -0.05) is 11.1 Å². The molecule has 0 heterocycles. The molecule has 1 fully saturated rings. The lowest BCUT2D eigenvalue weighted by molar-refractivity contribution is 0.541. The van der Waals surface area contributed by atoms with Gasteiger partial charge in [-0.3, -0.25) is 0 Å². The summed E-state index contributed by atoms with van der Waals surface area (Å²) in [7, 11) is -2.88. The van der Waals surface area contributed by atoms with Crippen LogP contribution in [-0.4, -0.2) is 26.5 Å². The first-order valence-electron chi connectivity index (χ1n) is 5.01. The van der Waals surface area contributed by atoms with Crippen LogP contribution < -0.4 is 5.73 Å². The summed E-state index contributed by atoms with van der Waals surface area (Å²) in [5.41, 5.74) is 7.97. The minimum absolute atomic E-state index is 0.173. The summed E-state index contributed by atoms with van der Waals surface area (Å²) < 4.78 is 22.8.